The van der Waals surface area contributed by atoms with Crippen LogP contribution >= 0.6 is 0 Å². The quantitative estimate of drug-likeness (QED) is 0.872. The molecule has 3 atom stereocenters. The molecule has 2 saturated heterocycles. The van der Waals surface area contributed by atoms with Gasteiger partial charge in [-0.05, 0) is 26.2 Å². The van der Waals surface area contributed by atoms with Crippen LogP contribution in [-0.2, 0) is 4.79 Å². The van der Waals surface area contributed by atoms with Crippen LogP contribution in [0.15, 0.2) is 4.42 Å². The Morgan fingerprint density at radius 1 is 1.37 bits per heavy atom. The highest BCUT2D eigenvalue weighted by Crippen LogP contribution is 2.42. The third kappa shape index (κ3) is 1.74. The van der Waals surface area contributed by atoms with Gasteiger partial charge in [0.15, 0.2) is 5.89 Å². The van der Waals surface area contributed by atoms with E-state index >= 15 is 0 Å². The topological polar surface area (TPSA) is 83.6 Å². The largest absolute Gasteiger partial charge is 0.481 e. The summed E-state index contributed by atoms with van der Waals surface area (Å²) < 4.78 is 5.36. The number of amides is 1. The molecule has 1 amide bonds. The molecule has 3 rings (SSSR count). The molecule has 2 fully saturated rings. The second-order valence-electron chi connectivity index (χ2n) is 5.34. The zero-order valence-corrected chi connectivity index (χ0v) is 10.9. The lowest BCUT2D eigenvalue weighted by atomic mass is 9.89. The molecule has 3 heterocycles. The van der Waals surface area contributed by atoms with Crippen molar-refractivity contribution in [1.82, 2.24) is 9.88 Å². The fraction of sp³-hybridized carbons (Fsp3) is 0.615. The second kappa shape index (κ2) is 4.08. The Hall–Kier alpha value is -1.85. The number of aliphatic carboxylic acids is 1. The summed E-state index contributed by atoms with van der Waals surface area (Å²) in [5, 5.41) is 9.19. The van der Waals surface area contributed by atoms with E-state index in [4.69, 9.17) is 4.42 Å². The first-order valence-electron chi connectivity index (χ1n) is 6.48. The van der Waals surface area contributed by atoms with Gasteiger partial charge in [-0.2, -0.15) is 0 Å². The molecule has 19 heavy (non-hydrogen) atoms. The van der Waals surface area contributed by atoms with E-state index in [2.05, 4.69) is 4.98 Å². The third-order valence-electron chi connectivity index (χ3n) is 4.19. The van der Waals surface area contributed by atoms with Gasteiger partial charge in [0.25, 0.3) is 5.91 Å². The van der Waals surface area contributed by atoms with Gasteiger partial charge in [0.1, 0.15) is 0 Å². The van der Waals surface area contributed by atoms with E-state index in [0.717, 1.165) is 12.8 Å². The van der Waals surface area contributed by atoms with Crippen LogP contribution in [0.3, 0.4) is 0 Å². The predicted octanol–water partition coefficient (Wildman–Crippen LogP) is 1.37. The molecule has 3 unspecified atom stereocenters. The molecule has 0 aliphatic carbocycles. The van der Waals surface area contributed by atoms with Crippen LogP contribution in [0.2, 0.25) is 0 Å². The van der Waals surface area contributed by atoms with Gasteiger partial charge in [0.2, 0.25) is 5.76 Å². The number of aromatic nitrogens is 1. The highest BCUT2D eigenvalue weighted by atomic mass is 16.4. The van der Waals surface area contributed by atoms with Gasteiger partial charge in [-0.15, -0.1) is 0 Å². The molecule has 2 aliphatic rings. The van der Waals surface area contributed by atoms with E-state index in [9.17, 15) is 14.7 Å². The minimum absolute atomic E-state index is 0.0309. The fourth-order valence-corrected chi connectivity index (χ4v) is 3.42. The number of carbonyl (C=O) groups excluding carboxylic acids is 1. The number of nitrogens with zero attached hydrogens (tertiary/aromatic N) is 2. The molecule has 2 aliphatic heterocycles. The molecule has 102 valence electrons. The number of aryl methyl sites for hydroxylation is 2. The van der Waals surface area contributed by atoms with E-state index < -0.39 is 11.9 Å². The van der Waals surface area contributed by atoms with Gasteiger partial charge in [-0.1, -0.05) is 0 Å². The normalized spacial score (nSPS) is 28.9. The Labute approximate surface area is 110 Å². The first-order chi connectivity index (χ1) is 8.99. The number of carboxylic acid groups (broad SMARTS) is 1. The summed E-state index contributed by atoms with van der Waals surface area (Å²) in [7, 11) is 0. The summed E-state index contributed by atoms with van der Waals surface area (Å²) in [6.45, 7) is 3.43. The van der Waals surface area contributed by atoms with Gasteiger partial charge >= 0.3 is 5.97 Å². The van der Waals surface area contributed by atoms with Crippen LogP contribution in [-0.4, -0.2) is 39.0 Å². The van der Waals surface area contributed by atoms with Crippen molar-refractivity contribution in [3.05, 3.63) is 17.3 Å². The Kier molecular flexibility index (Phi) is 2.62. The summed E-state index contributed by atoms with van der Waals surface area (Å²) in [6, 6.07) is -0.164. The molecule has 1 aromatic heterocycles. The SMILES string of the molecule is Cc1nc(C)c(C(=O)N2C3CCC2C(C(=O)O)C3)o1. The highest BCUT2D eigenvalue weighted by molar-refractivity contribution is 5.94. The summed E-state index contributed by atoms with van der Waals surface area (Å²) >= 11 is 0. The maximum atomic E-state index is 12.5. The van der Waals surface area contributed by atoms with Crippen molar-refractivity contribution >= 4 is 11.9 Å². The Bertz CT molecular complexity index is 551. The third-order valence-corrected chi connectivity index (χ3v) is 4.19. The molecule has 0 spiro atoms. The Morgan fingerprint density at radius 3 is 2.63 bits per heavy atom. The van der Waals surface area contributed by atoms with Gasteiger partial charge in [0.05, 0.1) is 11.6 Å². The average Bonchev–Trinajstić information content (AvgIpc) is 3.00. The molecule has 1 N–H and O–H groups in total. The molecule has 1 aromatic rings. The average molecular weight is 264 g/mol. The number of rotatable bonds is 2. The summed E-state index contributed by atoms with van der Waals surface area (Å²) in [4.78, 5) is 29.5. The fourth-order valence-electron chi connectivity index (χ4n) is 3.42. The monoisotopic (exact) mass is 264 g/mol. The zero-order chi connectivity index (χ0) is 13.7. The molecular formula is C13H16N2O4. The minimum Gasteiger partial charge on any atom is -0.481 e. The van der Waals surface area contributed by atoms with Crippen LogP contribution in [0.1, 0.15) is 41.4 Å². The lowest BCUT2D eigenvalue weighted by Gasteiger charge is -2.21. The van der Waals surface area contributed by atoms with Crippen molar-refractivity contribution in [1.29, 1.82) is 0 Å². The molecule has 0 radical (unpaired) electrons. The maximum absolute atomic E-state index is 12.5. The molecule has 0 saturated carbocycles. The van der Waals surface area contributed by atoms with Gasteiger partial charge in [0, 0.05) is 19.0 Å². The van der Waals surface area contributed by atoms with Gasteiger partial charge in [-0.25, -0.2) is 4.98 Å². The van der Waals surface area contributed by atoms with E-state index in [1.807, 2.05) is 0 Å². The molecule has 6 nitrogen and oxygen atoms in total. The van der Waals surface area contributed by atoms with Crippen LogP contribution in [0, 0.1) is 19.8 Å². The van der Waals surface area contributed by atoms with Crippen molar-refractivity contribution in [3.63, 3.8) is 0 Å². The van der Waals surface area contributed by atoms with E-state index in [-0.39, 0.29) is 23.8 Å². The Morgan fingerprint density at radius 2 is 2.11 bits per heavy atom. The molecule has 2 bridgehead atoms. The predicted molar refractivity (Wildman–Crippen MR) is 64.7 cm³/mol. The van der Waals surface area contributed by atoms with E-state index in [1.54, 1.807) is 18.7 Å². The molecule has 6 heteroatoms. The lowest BCUT2D eigenvalue weighted by molar-refractivity contribution is -0.142. The minimum atomic E-state index is -0.810. The first-order valence-corrected chi connectivity index (χ1v) is 6.48. The molecular weight excluding hydrogens is 248 g/mol. The van der Waals surface area contributed by atoms with Crippen LogP contribution in [0.4, 0.5) is 0 Å². The summed E-state index contributed by atoms with van der Waals surface area (Å²) in [6.07, 6.45) is 2.20. The standard InChI is InChI=1S/C13H16N2O4/c1-6-11(19-7(2)14-6)12(16)15-8-3-4-10(15)9(5-8)13(17)18/h8-10H,3-5H2,1-2H3,(H,17,18). The van der Waals surface area contributed by atoms with Crippen LogP contribution < -0.4 is 0 Å². The number of oxazole rings is 1. The second-order valence-corrected chi connectivity index (χ2v) is 5.34. The lowest BCUT2D eigenvalue weighted by Crippen LogP contribution is -2.38. The van der Waals surface area contributed by atoms with Crippen molar-refractivity contribution in [2.45, 2.75) is 45.2 Å². The number of hydrogen-bond acceptors (Lipinski definition) is 4. The number of fused-ring (bicyclic) bond motifs is 2. The highest BCUT2D eigenvalue weighted by Gasteiger charge is 2.52. The van der Waals surface area contributed by atoms with Gasteiger partial charge in [-0.3, -0.25) is 9.59 Å². The van der Waals surface area contributed by atoms with E-state index in [1.165, 1.54) is 0 Å². The molecule has 0 aromatic carbocycles. The van der Waals surface area contributed by atoms with Crippen LogP contribution in [0.5, 0.6) is 0 Å². The number of carbonyl (C=O) groups is 2. The van der Waals surface area contributed by atoms with Gasteiger partial charge < -0.3 is 14.4 Å². The first kappa shape index (κ1) is 12.2. The van der Waals surface area contributed by atoms with E-state index in [0.29, 0.717) is 18.0 Å². The van der Waals surface area contributed by atoms with Crippen molar-refractivity contribution in [3.8, 4) is 0 Å². The summed E-state index contributed by atoms with van der Waals surface area (Å²) in [5.41, 5.74) is 0.570. The smallest absolute Gasteiger partial charge is 0.308 e. The van der Waals surface area contributed by atoms with Crippen LogP contribution in [0.25, 0.3) is 0 Å². The van der Waals surface area contributed by atoms with Crippen molar-refractivity contribution in [2.75, 3.05) is 0 Å². The Balaban J connectivity index is 1.89. The maximum Gasteiger partial charge on any atom is 0.308 e. The zero-order valence-electron chi connectivity index (χ0n) is 10.9. The number of carboxylic acids is 1. The van der Waals surface area contributed by atoms with Crippen molar-refractivity contribution < 1.29 is 19.1 Å². The van der Waals surface area contributed by atoms with Crippen molar-refractivity contribution in [2.24, 2.45) is 5.92 Å². The summed E-state index contributed by atoms with van der Waals surface area (Å²) in [5.74, 6) is -0.750. The number of hydrogen-bond donors (Lipinski definition) is 1.